The van der Waals surface area contributed by atoms with Crippen LogP contribution in [0.15, 0.2) is 30.6 Å². The molecule has 5 rings (SSSR count). The third-order valence-electron chi connectivity index (χ3n) is 7.38. The maximum absolute atomic E-state index is 15.2. The van der Waals surface area contributed by atoms with E-state index in [4.69, 9.17) is 0 Å². The van der Waals surface area contributed by atoms with Crippen LogP contribution < -0.4 is 5.32 Å². The lowest BCUT2D eigenvalue weighted by atomic mass is 10.1. The molecule has 0 radical (unpaired) electrons. The molecule has 2 aliphatic heterocycles. The van der Waals surface area contributed by atoms with Gasteiger partial charge in [0.15, 0.2) is 0 Å². The number of likely N-dealkylation sites (tertiary alicyclic amines) is 1. The Morgan fingerprint density at radius 1 is 1.12 bits per heavy atom. The van der Waals surface area contributed by atoms with Gasteiger partial charge in [0.05, 0.1) is 18.0 Å². The minimum Gasteiger partial charge on any atom is -0.348 e. The topological polar surface area (TPSA) is 96.2 Å². The molecular weight excluding hydrogens is 569 g/mol. The van der Waals surface area contributed by atoms with E-state index < -0.39 is 52.0 Å². The first-order valence-corrected chi connectivity index (χ1v) is 15.0. The number of piperidine rings is 1. The molecule has 1 aromatic carbocycles. The molecule has 2 atom stereocenters. The fraction of sp³-hybridized carbons (Fsp3) is 0.500. The lowest BCUT2D eigenvalue weighted by Gasteiger charge is -2.33. The van der Waals surface area contributed by atoms with Crippen molar-refractivity contribution in [2.24, 2.45) is 0 Å². The largest absolute Gasteiger partial charge is 0.420 e. The molecule has 15 heteroatoms. The number of hydrogen-bond acceptors (Lipinski definition) is 7. The lowest BCUT2D eigenvalue weighted by molar-refractivity contribution is -0.137. The van der Waals surface area contributed by atoms with E-state index >= 15 is 4.39 Å². The normalized spacial score (nSPS) is 21.0. The number of sulfonamides is 1. The quantitative estimate of drug-likeness (QED) is 0.408. The van der Waals surface area contributed by atoms with Crippen molar-refractivity contribution in [3.8, 4) is 17.1 Å². The van der Waals surface area contributed by atoms with Crippen molar-refractivity contribution in [2.45, 2.75) is 51.1 Å². The van der Waals surface area contributed by atoms with Crippen LogP contribution in [0, 0.1) is 12.7 Å². The number of aryl methyl sites for hydroxylation is 1. The number of aromatic nitrogens is 4. The van der Waals surface area contributed by atoms with Gasteiger partial charge in [-0.15, -0.1) is 0 Å². The van der Waals surface area contributed by atoms with Crippen molar-refractivity contribution in [1.82, 2.24) is 28.7 Å². The Morgan fingerprint density at radius 3 is 2.49 bits per heavy atom. The molecule has 0 spiro atoms. The molecule has 2 fully saturated rings. The number of rotatable bonds is 7. The molecule has 3 aromatic rings. The molecule has 9 nitrogen and oxygen atoms in total. The second kappa shape index (κ2) is 11.2. The molecule has 41 heavy (non-hydrogen) atoms. The first-order valence-electron chi connectivity index (χ1n) is 13.2. The van der Waals surface area contributed by atoms with Crippen LogP contribution in [0.5, 0.6) is 0 Å². The van der Waals surface area contributed by atoms with Gasteiger partial charge in [-0.3, -0.25) is 4.90 Å². The lowest BCUT2D eigenvalue weighted by Crippen LogP contribution is -2.49. The van der Waals surface area contributed by atoms with Crippen molar-refractivity contribution >= 4 is 16.0 Å². The molecule has 0 saturated carbocycles. The van der Waals surface area contributed by atoms with Gasteiger partial charge < -0.3 is 9.88 Å². The molecule has 1 N–H and O–H groups in total. The van der Waals surface area contributed by atoms with Crippen molar-refractivity contribution in [1.29, 1.82) is 0 Å². The molecule has 0 amide bonds. The average Bonchev–Trinajstić information content (AvgIpc) is 3.54. The SMILES string of the molecule is Cc1nc(-c2nc(N[C@H]3CCN(S(C)(=O)=O)C[C@H]3F)ncc2C(F)(F)F)cn1-c1ccc(CN2CCCC2)cc1F. The van der Waals surface area contributed by atoms with Gasteiger partial charge in [-0.1, -0.05) is 6.07 Å². The van der Waals surface area contributed by atoms with Crippen LogP contribution in [0.1, 0.15) is 36.2 Å². The molecule has 2 saturated heterocycles. The first-order chi connectivity index (χ1) is 19.3. The highest BCUT2D eigenvalue weighted by Crippen LogP contribution is 2.36. The summed E-state index contributed by atoms with van der Waals surface area (Å²) in [5, 5.41) is 2.70. The molecule has 2 aliphatic rings. The van der Waals surface area contributed by atoms with Crippen molar-refractivity contribution in [3.05, 3.63) is 53.4 Å². The Balaban J connectivity index is 1.42. The summed E-state index contributed by atoms with van der Waals surface area (Å²) in [4.78, 5) is 14.2. The Morgan fingerprint density at radius 2 is 1.85 bits per heavy atom. The number of anilines is 1. The highest BCUT2D eigenvalue weighted by molar-refractivity contribution is 7.88. The van der Waals surface area contributed by atoms with E-state index in [1.54, 1.807) is 12.1 Å². The minimum atomic E-state index is -4.82. The average molecular weight is 600 g/mol. The Hall–Kier alpha value is -3.17. The van der Waals surface area contributed by atoms with E-state index in [2.05, 4.69) is 25.2 Å². The molecule has 0 aliphatic carbocycles. The summed E-state index contributed by atoms with van der Waals surface area (Å²) in [7, 11) is -3.59. The number of nitrogens with one attached hydrogen (secondary N) is 1. The van der Waals surface area contributed by atoms with Crippen LogP contribution in [0.3, 0.4) is 0 Å². The van der Waals surface area contributed by atoms with Gasteiger partial charge in [-0.2, -0.15) is 17.5 Å². The number of hydrogen-bond donors (Lipinski definition) is 1. The number of imidazole rings is 1. The molecular formula is C26H30F5N7O2S. The van der Waals surface area contributed by atoms with Crippen molar-refractivity contribution < 1.29 is 30.4 Å². The summed E-state index contributed by atoms with van der Waals surface area (Å²) in [6, 6.07) is 3.86. The summed E-state index contributed by atoms with van der Waals surface area (Å²) in [6.07, 6.45) is -1.33. The summed E-state index contributed by atoms with van der Waals surface area (Å²) in [5.74, 6) is -0.563. The standard InChI is InChI=1S/C26H30F5N7O2S/c1-16-33-22(15-38(16)23-6-5-17(11-19(23)27)13-36-8-3-4-9-36)24-18(26(29,30)31)12-32-25(35-24)34-21-7-10-37(14-20(21)28)41(2,39)40/h5-6,11-12,15,20-21H,3-4,7-10,13-14H2,1-2H3,(H,32,34,35)/t20-,21+/m1/s1. The fourth-order valence-corrected chi connectivity index (χ4v) is 6.08. The smallest absolute Gasteiger partial charge is 0.348 e. The van der Waals surface area contributed by atoms with E-state index in [-0.39, 0.29) is 36.1 Å². The number of alkyl halides is 4. The van der Waals surface area contributed by atoms with E-state index in [9.17, 15) is 26.0 Å². The number of benzene rings is 1. The van der Waals surface area contributed by atoms with Crippen LogP contribution in [-0.2, 0) is 22.7 Å². The highest BCUT2D eigenvalue weighted by atomic mass is 32.2. The van der Waals surface area contributed by atoms with Crippen LogP contribution in [0.2, 0.25) is 0 Å². The van der Waals surface area contributed by atoms with Gasteiger partial charge in [0.2, 0.25) is 16.0 Å². The second-order valence-corrected chi connectivity index (χ2v) is 12.4. The zero-order valence-electron chi connectivity index (χ0n) is 22.5. The maximum Gasteiger partial charge on any atom is 0.420 e. The van der Waals surface area contributed by atoms with Gasteiger partial charge in [0.1, 0.15) is 34.8 Å². The van der Waals surface area contributed by atoms with Crippen LogP contribution in [0.25, 0.3) is 17.1 Å². The van der Waals surface area contributed by atoms with Crippen molar-refractivity contribution in [2.75, 3.05) is 37.8 Å². The van der Waals surface area contributed by atoms with E-state index in [0.29, 0.717) is 12.7 Å². The van der Waals surface area contributed by atoms with E-state index in [1.165, 1.54) is 23.8 Å². The number of halogens is 5. The monoisotopic (exact) mass is 599 g/mol. The third kappa shape index (κ3) is 6.51. The maximum atomic E-state index is 15.2. The molecule has 0 unspecified atom stereocenters. The third-order valence-corrected chi connectivity index (χ3v) is 8.65. The zero-order valence-corrected chi connectivity index (χ0v) is 23.3. The second-order valence-electron chi connectivity index (χ2n) is 10.4. The summed E-state index contributed by atoms with van der Waals surface area (Å²) in [6.45, 7) is 3.71. The number of nitrogens with zero attached hydrogens (tertiary/aromatic N) is 6. The van der Waals surface area contributed by atoms with Crippen LogP contribution >= 0.6 is 0 Å². The Bertz CT molecular complexity index is 1520. The van der Waals surface area contributed by atoms with Crippen LogP contribution in [-0.4, -0.2) is 81.8 Å². The molecule has 222 valence electrons. The van der Waals surface area contributed by atoms with Gasteiger partial charge in [-0.25, -0.2) is 32.2 Å². The molecule has 0 bridgehead atoms. The predicted octanol–water partition coefficient (Wildman–Crippen LogP) is 4.18. The summed E-state index contributed by atoms with van der Waals surface area (Å²) < 4.78 is 97.6. The highest BCUT2D eigenvalue weighted by Gasteiger charge is 2.38. The summed E-state index contributed by atoms with van der Waals surface area (Å²) >= 11 is 0. The van der Waals surface area contributed by atoms with Crippen molar-refractivity contribution in [3.63, 3.8) is 0 Å². The van der Waals surface area contributed by atoms with Gasteiger partial charge in [0, 0.05) is 32.0 Å². The van der Waals surface area contributed by atoms with Crippen LogP contribution in [0.4, 0.5) is 27.9 Å². The zero-order chi connectivity index (χ0) is 29.5. The minimum absolute atomic E-state index is 0.0381. The van der Waals surface area contributed by atoms with E-state index in [1.807, 2.05) is 0 Å². The molecule has 2 aromatic heterocycles. The molecule has 4 heterocycles. The summed E-state index contributed by atoms with van der Waals surface area (Å²) in [5.41, 5.74) is -0.940. The first kappa shape index (κ1) is 29.3. The predicted molar refractivity (Wildman–Crippen MR) is 142 cm³/mol. The fourth-order valence-electron chi connectivity index (χ4n) is 5.23. The van der Waals surface area contributed by atoms with Gasteiger partial charge in [-0.05, 0) is 57.0 Å². The van der Waals surface area contributed by atoms with Gasteiger partial charge >= 0.3 is 6.18 Å². The Kier molecular flexibility index (Phi) is 8.05. The van der Waals surface area contributed by atoms with Gasteiger partial charge in [0.25, 0.3) is 0 Å². The Labute approximate surface area is 234 Å². The van der Waals surface area contributed by atoms with E-state index in [0.717, 1.165) is 42.1 Å².